The van der Waals surface area contributed by atoms with Gasteiger partial charge in [0, 0.05) is 0 Å². The molecule has 6 aliphatic carbocycles. The highest BCUT2D eigenvalue weighted by Crippen LogP contribution is 2.62. The number of benzene rings is 2. The van der Waals surface area contributed by atoms with Crippen molar-refractivity contribution in [1.82, 2.24) is 0 Å². The van der Waals surface area contributed by atoms with Crippen LogP contribution < -0.4 is 0 Å². The van der Waals surface area contributed by atoms with Gasteiger partial charge in [-0.2, -0.15) is 0 Å². The third-order valence-corrected chi connectivity index (χ3v) is 13.5. The smallest absolute Gasteiger partial charge is 0.157 e. The van der Waals surface area contributed by atoms with Gasteiger partial charge in [0.1, 0.15) is 0 Å². The largest absolute Gasteiger partial charge is 0.504 e. The minimum absolute atomic E-state index is 0.00383. The molecule has 228 valence electrons. The van der Waals surface area contributed by atoms with Crippen LogP contribution in [0.5, 0.6) is 23.0 Å². The predicted molar refractivity (Wildman–Crippen MR) is 161 cm³/mol. The number of aromatic hydroxyl groups is 4. The van der Waals surface area contributed by atoms with Crippen LogP contribution in [0, 0.1) is 34.5 Å². The van der Waals surface area contributed by atoms with Gasteiger partial charge in [-0.05, 0) is 170 Å². The highest BCUT2D eigenvalue weighted by atomic mass is 16.3. The molecule has 2 aromatic carbocycles. The summed E-state index contributed by atoms with van der Waals surface area (Å²) in [6, 6.07) is 7.07. The molecule has 42 heavy (non-hydrogen) atoms. The van der Waals surface area contributed by atoms with E-state index in [1.807, 2.05) is 0 Å². The number of phenolic OH excluding ortho intramolecular Hbond substituents is 4. The Balaban J connectivity index is 0.000000137. The Labute approximate surface area is 249 Å². The highest BCUT2D eigenvalue weighted by molar-refractivity contribution is 5.49. The van der Waals surface area contributed by atoms with Gasteiger partial charge in [-0.1, -0.05) is 13.8 Å². The van der Waals surface area contributed by atoms with Gasteiger partial charge in [-0.3, -0.25) is 0 Å². The fourth-order valence-electron chi connectivity index (χ4n) is 11.1. The molecule has 2 aromatic rings. The summed E-state index contributed by atoms with van der Waals surface area (Å²) in [6.45, 7) is 4.55. The van der Waals surface area contributed by atoms with E-state index in [-0.39, 0.29) is 46.0 Å². The fraction of sp³-hybridized carbons (Fsp3) is 0.667. The van der Waals surface area contributed by atoms with E-state index in [0.717, 1.165) is 77.0 Å². The molecular formula is C36H48O6. The fourth-order valence-corrected chi connectivity index (χ4v) is 11.1. The Hall–Kier alpha value is -2.44. The second-order valence-corrected chi connectivity index (χ2v) is 15.2. The molecule has 0 radical (unpaired) electrons. The van der Waals surface area contributed by atoms with Crippen LogP contribution in [0.2, 0.25) is 0 Å². The summed E-state index contributed by atoms with van der Waals surface area (Å²) in [5.74, 6) is 3.46. The minimum Gasteiger partial charge on any atom is -0.504 e. The van der Waals surface area contributed by atoms with Gasteiger partial charge >= 0.3 is 0 Å². The van der Waals surface area contributed by atoms with Crippen LogP contribution in [0.4, 0.5) is 0 Å². The molecule has 4 saturated carbocycles. The number of hydrogen-bond acceptors (Lipinski definition) is 6. The van der Waals surface area contributed by atoms with Crippen LogP contribution in [0.3, 0.4) is 0 Å². The first kappa shape index (κ1) is 28.3. The Morgan fingerprint density at radius 1 is 0.524 bits per heavy atom. The van der Waals surface area contributed by atoms with E-state index in [0.29, 0.717) is 35.5 Å². The molecule has 0 aromatic heterocycles. The van der Waals surface area contributed by atoms with Gasteiger partial charge in [-0.15, -0.1) is 0 Å². The summed E-state index contributed by atoms with van der Waals surface area (Å²) in [7, 11) is 0. The van der Waals surface area contributed by atoms with Crippen LogP contribution in [-0.4, -0.2) is 42.8 Å². The molecule has 6 aliphatic rings. The average molecular weight is 577 g/mol. The molecule has 0 aliphatic heterocycles. The number of aryl methyl sites for hydroxylation is 2. The van der Waals surface area contributed by atoms with Gasteiger partial charge in [-0.25, -0.2) is 0 Å². The first-order valence-electron chi connectivity index (χ1n) is 16.5. The summed E-state index contributed by atoms with van der Waals surface area (Å²) < 4.78 is 0. The molecule has 0 heterocycles. The molecule has 6 heteroatoms. The van der Waals surface area contributed by atoms with Crippen molar-refractivity contribution < 1.29 is 30.6 Å². The summed E-state index contributed by atoms with van der Waals surface area (Å²) in [5, 5.41) is 59.9. The molecule has 0 amide bonds. The lowest BCUT2D eigenvalue weighted by Crippen LogP contribution is -2.43. The molecule has 10 atom stereocenters. The first-order chi connectivity index (χ1) is 20.0. The van der Waals surface area contributed by atoms with Gasteiger partial charge in [0.05, 0.1) is 12.2 Å². The van der Waals surface area contributed by atoms with E-state index >= 15 is 0 Å². The molecule has 8 rings (SSSR count). The number of phenols is 4. The van der Waals surface area contributed by atoms with Gasteiger partial charge in [0.25, 0.3) is 0 Å². The van der Waals surface area contributed by atoms with Crippen LogP contribution >= 0.6 is 0 Å². The zero-order chi connectivity index (χ0) is 29.6. The molecule has 0 saturated heterocycles. The van der Waals surface area contributed by atoms with E-state index < -0.39 is 0 Å². The second-order valence-electron chi connectivity index (χ2n) is 15.2. The van der Waals surface area contributed by atoms with Gasteiger partial charge in [0.2, 0.25) is 0 Å². The number of rotatable bonds is 0. The SMILES string of the molecule is C[C@]12CC[C@@H]3c4cc(O)c(O)cc4CC[C@H]3[C@@H]1CCC2O.C[C@]12CC[C@@H]3c4cc(O)c(O)cc4CC[C@H]3[C@@H]1CCC2O. The highest BCUT2D eigenvalue weighted by Gasteiger charge is 2.55. The zero-order valence-electron chi connectivity index (χ0n) is 25.1. The second kappa shape index (κ2) is 10.1. The maximum absolute atomic E-state index is 10.4. The summed E-state index contributed by atoms with van der Waals surface area (Å²) in [6.07, 6.45) is 12.5. The average Bonchev–Trinajstić information content (AvgIpc) is 3.44. The van der Waals surface area contributed by atoms with Crippen LogP contribution in [0.15, 0.2) is 24.3 Å². The molecule has 0 spiro atoms. The van der Waals surface area contributed by atoms with Gasteiger partial charge < -0.3 is 30.6 Å². The first-order valence-corrected chi connectivity index (χ1v) is 16.5. The van der Waals surface area contributed by atoms with Crippen molar-refractivity contribution >= 4 is 0 Å². The third-order valence-electron chi connectivity index (χ3n) is 13.5. The maximum Gasteiger partial charge on any atom is 0.157 e. The Kier molecular flexibility index (Phi) is 6.78. The van der Waals surface area contributed by atoms with E-state index in [1.54, 1.807) is 24.3 Å². The zero-order valence-corrected chi connectivity index (χ0v) is 25.1. The summed E-state index contributed by atoms with van der Waals surface area (Å²) in [5.41, 5.74) is 5.08. The van der Waals surface area contributed by atoms with Crippen molar-refractivity contribution in [2.75, 3.05) is 0 Å². The third kappa shape index (κ3) is 4.18. The van der Waals surface area contributed by atoms with Crippen molar-refractivity contribution in [3.05, 3.63) is 46.5 Å². The van der Waals surface area contributed by atoms with Crippen LogP contribution in [-0.2, 0) is 12.8 Å². The van der Waals surface area contributed by atoms with Crippen molar-refractivity contribution in [2.45, 2.75) is 115 Å². The monoisotopic (exact) mass is 576 g/mol. The Morgan fingerprint density at radius 2 is 0.905 bits per heavy atom. The minimum atomic E-state index is -0.141. The van der Waals surface area contributed by atoms with Crippen molar-refractivity contribution in [1.29, 1.82) is 0 Å². The Morgan fingerprint density at radius 3 is 1.31 bits per heavy atom. The lowest BCUT2D eigenvalue weighted by atomic mass is 9.55. The predicted octanol–water partition coefficient (Wildman–Crippen LogP) is 6.63. The summed E-state index contributed by atoms with van der Waals surface area (Å²) >= 11 is 0. The normalized spacial score (nSPS) is 41.2. The molecule has 6 nitrogen and oxygen atoms in total. The van der Waals surface area contributed by atoms with Crippen LogP contribution in [0.1, 0.15) is 112 Å². The summed E-state index contributed by atoms with van der Waals surface area (Å²) in [4.78, 5) is 0. The maximum atomic E-state index is 10.4. The topological polar surface area (TPSA) is 121 Å². The molecule has 4 fully saturated rings. The number of aliphatic hydroxyl groups excluding tert-OH is 2. The number of hydrogen-bond donors (Lipinski definition) is 6. The molecule has 2 unspecified atom stereocenters. The van der Waals surface area contributed by atoms with E-state index in [1.165, 1.54) is 22.3 Å². The van der Waals surface area contributed by atoms with E-state index in [2.05, 4.69) is 13.8 Å². The van der Waals surface area contributed by atoms with Crippen LogP contribution in [0.25, 0.3) is 0 Å². The quantitative estimate of drug-likeness (QED) is 0.196. The molecule has 0 bridgehead atoms. The van der Waals surface area contributed by atoms with Crippen molar-refractivity contribution in [2.24, 2.45) is 34.5 Å². The Bertz CT molecular complexity index is 1270. The van der Waals surface area contributed by atoms with Crippen molar-refractivity contribution in [3.8, 4) is 23.0 Å². The standard InChI is InChI=1S/2C18H24O3/c2*1-18-7-6-11-12(14(18)4-5-17(18)21)3-2-10-8-15(19)16(20)9-13(10)11/h2*8-9,11-12,14,17,19-21H,2-7H2,1H3/t2*11-,12+,14-,17?,18-/m00/s1. The number of aliphatic hydroxyl groups is 2. The molecule has 6 N–H and O–H groups in total. The number of fused-ring (bicyclic) bond motifs is 10. The van der Waals surface area contributed by atoms with Gasteiger partial charge in [0.15, 0.2) is 23.0 Å². The van der Waals surface area contributed by atoms with E-state index in [4.69, 9.17) is 0 Å². The lowest BCUT2D eigenvalue weighted by Gasteiger charge is -2.50. The van der Waals surface area contributed by atoms with Crippen molar-refractivity contribution in [3.63, 3.8) is 0 Å². The van der Waals surface area contributed by atoms with E-state index in [9.17, 15) is 30.6 Å². The molecular weight excluding hydrogens is 528 g/mol. The lowest BCUT2D eigenvalue weighted by molar-refractivity contribution is -0.0226.